The molecule has 3 rings (SSSR count). The monoisotopic (exact) mass is 303 g/mol. The summed E-state index contributed by atoms with van der Waals surface area (Å²) in [5.74, 6) is -0.0290. The molecule has 0 saturated carbocycles. The van der Waals surface area contributed by atoms with Crippen LogP contribution in [-0.2, 0) is 16.0 Å². The molecule has 1 amide bonds. The van der Waals surface area contributed by atoms with Crippen molar-refractivity contribution in [3.8, 4) is 0 Å². The number of hydrogen-bond acceptors (Lipinski definition) is 5. The number of benzene rings is 1. The maximum absolute atomic E-state index is 11.6. The average Bonchev–Trinajstić information content (AvgIpc) is 2.48. The van der Waals surface area contributed by atoms with Crippen LogP contribution >= 0.6 is 0 Å². The Morgan fingerprint density at radius 3 is 2.73 bits per heavy atom. The van der Waals surface area contributed by atoms with E-state index in [1.54, 1.807) is 12.1 Å². The van der Waals surface area contributed by atoms with E-state index in [0.29, 0.717) is 43.7 Å². The van der Waals surface area contributed by atoms with Gasteiger partial charge in [-0.05, 0) is 18.1 Å². The number of carbonyl (C=O) groups excluding carboxylic acids is 2. The average molecular weight is 303 g/mol. The predicted molar refractivity (Wildman–Crippen MR) is 81.0 cm³/mol. The Balaban J connectivity index is 2.02. The van der Waals surface area contributed by atoms with Crippen LogP contribution in [0.3, 0.4) is 0 Å². The van der Waals surface area contributed by atoms with E-state index in [-0.39, 0.29) is 23.3 Å². The van der Waals surface area contributed by atoms with Gasteiger partial charge in [0.2, 0.25) is 5.91 Å². The van der Waals surface area contributed by atoms with Gasteiger partial charge in [0.15, 0.2) is 0 Å². The van der Waals surface area contributed by atoms with Gasteiger partial charge >= 0.3 is 0 Å². The lowest BCUT2D eigenvalue weighted by molar-refractivity contribution is -0.384. The summed E-state index contributed by atoms with van der Waals surface area (Å²) >= 11 is 0. The molecule has 7 nitrogen and oxygen atoms in total. The molecule has 0 aliphatic carbocycles. The number of nitrogens with zero attached hydrogens (tertiary/aromatic N) is 2. The van der Waals surface area contributed by atoms with Gasteiger partial charge in [0.1, 0.15) is 11.5 Å². The standard InChI is InChI=1S/C15H17N3O4/c1-9-8-17(5-4-14(9)19)12-7-11-10(2-3-15(20)16-11)6-13(12)18(21)22/h6-7,9H,2-5,8H2,1H3,(H,16,20). The second kappa shape index (κ2) is 5.40. The van der Waals surface area contributed by atoms with Crippen LogP contribution in [0.4, 0.5) is 17.1 Å². The molecule has 1 saturated heterocycles. The molecule has 0 bridgehead atoms. The predicted octanol–water partition coefficient (Wildman–Crippen LogP) is 1.89. The second-order valence-electron chi connectivity index (χ2n) is 5.87. The fourth-order valence-corrected chi connectivity index (χ4v) is 3.04. The summed E-state index contributed by atoms with van der Waals surface area (Å²) in [7, 11) is 0. The van der Waals surface area contributed by atoms with Crippen LogP contribution in [0.5, 0.6) is 0 Å². The molecule has 1 atom stereocenters. The number of piperidine rings is 1. The fourth-order valence-electron chi connectivity index (χ4n) is 3.04. The first-order valence-corrected chi connectivity index (χ1v) is 7.34. The number of ketones is 1. The molecule has 1 N–H and O–H groups in total. The number of nitrogens with one attached hydrogen (secondary N) is 1. The van der Waals surface area contributed by atoms with E-state index in [9.17, 15) is 19.7 Å². The summed E-state index contributed by atoms with van der Waals surface area (Å²) in [5, 5.41) is 14.2. The minimum absolute atomic E-state index is 0.0384. The van der Waals surface area contributed by atoms with Gasteiger partial charge in [-0.25, -0.2) is 0 Å². The Labute approximate surface area is 127 Å². The quantitative estimate of drug-likeness (QED) is 0.665. The number of fused-ring (bicyclic) bond motifs is 1. The Morgan fingerprint density at radius 2 is 2.05 bits per heavy atom. The van der Waals surface area contributed by atoms with Crippen molar-refractivity contribution in [2.75, 3.05) is 23.3 Å². The highest BCUT2D eigenvalue weighted by atomic mass is 16.6. The van der Waals surface area contributed by atoms with Gasteiger partial charge in [0.05, 0.1) is 4.92 Å². The van der Waals surface area contributed by atoms with Crippen LogP contribution < -0.4 is 10.2 Å². The van der Waals surface area contributed by atoms with E-state index < -0.39 is 4.92 Å². The van der Waals surface area contributed by atoms with Gasteiger partial charge in [-0.3, -0.25) is 19.7 Å². The molecule has 116 valence electrons. The third-order valence-electron chi connectivity index (χ3n) is 4.31. The number of carbonyl (C=O) groups is 2. The van der Waals surface area contributed by atoms with Gasteiger partial charge in [-0.2, -0.15) is 0 Å². The molecule has 22 heavy (non-hydrogen) atoms. The highest BCUT2D eigenvalue weighted by molar-refractivity contribution is 5.95. The van der Waals surface area contributed by atoms with Crippen molar-refractivity contribution in [2.24, 2.45) is 5.92 Å². The molecule has 2 aliphatic rings. The van der Waals surface area contributed by atoms with E-state index in [2.05, 4.69) is 5.32 Å². The lowest BCUT2D eigenvalue weighted by atomic mass is 9.96. The number of Topliss-reactive ketones (excluding diaryl/α,β-unsaturated/α-hetero) is 1. The topological polar surface area (TPSA) is 92.5 Å². The first kappa shape index (κ1) is 14.5. The number of hydrogen-bond donors (Lipinski definition) is 1. The molecular formula is C15H17N3O4. The van der Waals surface area contributed by atoms with Crippen molar-refractivity contribution in [1.82, 2.24) is 0 Å². The number of rotatable bonds is 2. The number of nitro groups is 1. The van der Waals surface area contributed by atoms with Gasteiger partial charge in [0.25, 0.3) is 5.69 Å². The van der Waals surface area contributed by atoms with Crippen LogP contribution in [0.15, 0.2) is 12.1 Å². The zero-order valence-corrected chi connectivity index (χ0v) is 12.3. The molecule has 1 aromatic rings. The van der Waals surface area contributed by atoms with Crippen molar-refractivity contribution >= 4 is 28.8 Å². The molecule has 2 aliphatic heterocycles. The molecule has 1 unspecified atom stereocenters. The largest absolute Gasteiger partial charge is 0.365 e. The van der Waals surface area contributed by atoms with Crippen LogP contribution in [0, 0.1) is 16.0 Å². The summed E-state index contributed by atoms with van der Waals surface area (Å²) in [6, 6.07) is 3.22. The molecule has 1 aromatic carbocycles. The highest BCUT2D eigenvalue weighted by Gasteiger charge is 2.30. The summed E-state index contributed by atoms with van der Waals surface area (Å²) < 4.78 is 0. The van der Waals surface area contributed by atoms with Gasteiger partial charge < -0.3 is 10.2 Å². The zero-order valence-electron chi connectivity index (χ0n) is 12.3. The van der Waals surface area contributed by atoms with Gasteiger partial charge in [0, 0.05) is 43.6 Å². The SMILES string of the molecule is CC1CN(c2cc3c(cc2[N+](=O)[O-])CCC(=O)N3)CCC1=O. The summed E-state index contributed by atoms with van der Waals surface area (Å²) in [4.78, 5) is 36.0. The number of amides is 1. The molecule has 0 aromatic heterocycles. The highest BCUT2D eigenvalue weighted by Crippen LogP contribution is 2.37. The molecule has 7 heteroatoms. The maximum atomic E-state index is 11.6. The van der Waals surface area contributed by atoms with Crippen molar-refractivity contribution in [3.05, 3.63) is 27.8 Å². The van der Waals surface area contributed by atoms with Gasteiger partial charge in [-0.15, -0.1) is 0 Å². The maximum Gasteiger partial charge on any atom is 0.292 e. The number of aryl methyl sites for hydroxylation is 1. The third kappa shape index (κ3) is 2.54. The first-order chi connectivity index (χ1) is 10.5. The molecule has 0 radical (unpaired) electrons. The van der Waals surface area contributed by atoms with Gasteiger partial charge in [-0.1, -0.05) is 6.92 Å². The van der Waals surface area contributed by atoms with Crippen molar-refractivity contribution in [2.45, 2.75) is 26.2 Å². The first-order valence-electron chi connectivity index (χ1n) is 7.34. The molecule has 1 fully saturated rings. The second-order valence-corrected chi connectivity index (χ2v) is 5.87. The number of nitro benzene ring substituents is 1. The Bertz CT molecular complexity index is 671. The minimum Gasteiger partial charge on any atom is -0.365 e. The fraction of sp³-hybridized carbons (Fsp3) is 0.467. The minimum atomic E-state index is -0.396. The van der Waals surface area contributed by atoms with Crippen LogP contribution in [-0.4, -0.2) is 29.7 Å². The normalized spacial score (nSPS) is 21.3. The zero-order chi connectivity index (χ0) is 15.9. The van der Waals surface area contributed by atoms with Crippen molar-refractivity contribution in [3.63, 3.8) is 0 Å². The van der Waals surface area contributed by atoms with Crippen molar-refractivity contribution < 1.29 is 14.5 Å². The van der Waals surface area contributed by atoms with Crippen LogP contribution in [0.2, 0.25) is 0 Å². The van der Waals surface area contributed by atoms with E-state index >= 15 is 0 Å². The van der Waals surface area contributed by atoms with E-state index in [0.717, 1.165) is 5.56 Å². The summed E-state index contributed by atoms with van der Waals surface area (Å²) in [6.07, 6.45) is 1.25. The lowest BCUT2D eigenvalue weighted by Crippen LogP contribution is -2.40. The van der Waals surface area contributed by atoms with E-state index in [1.165, 1.54) is 0 Å². The third-order valence-corrected chi connectivity index (χ3v) is 4.31. The van der Waals surface area contributed by atoms with Crippen molar-refractivity contribution in [1.29, 1.82) is 0 Å². The smallest absolute Gasteiger partial charge is 0.292 e. The lowest BCUT2D eigenvalue weighted by Gasteiger charge is -2.32. The summed E-state index contributed by atoms with van der Waals surface area (Å²) in [5.41, 5.74) is 1.94. The molecular weight excluding hydrogens is 286 g/mol. The Morgan fingerprint density at radius 1 is 1.27 bits per heavy atom. The van der Waals surface area contributed by atoms with Crippen LogP contribution in [0.1, 0.15) is 25.3 Å². The molecule has 2 heterocycles. The van der Waals surface area contributed by atoms with E-state index in [4.69, 9.17) is 0 Å². The number of anilines is 2. The summed E-state index contributed by atoms with van der Waals surface area (Å²) in [6.45, 7) is 2.77. The Hall–Kier alpha value is -2.44. The Kier molecular flexibility index (Phi) is 3.56. The van der Waals surface area contributed by atoms with Crippen LogP contribution in [0.25, 0.3) is 0 Å². The molecule has 0 spiro atoms. The van der Waals surface area contributed by atoms with E-state index in [1.807, 2.05) is 11.8 Å².